The summed E-state index contributed by atoms with van der Waals surface area (Å²) in [5, 5.41) is 10.8. The molecule has 0 N–H and O–H groups in total. The SMILES string of the molecule is O=C1OC(Cn2ccnn2)CN1c1ccc(-n2ccc(-c3noc(C(F)(F)F)n3)c2)c(F)c1. The molecule has 1 unspecified atom stereocenters. The van der Waals surface area contributed by atoms with E-state index >= 15 is 0 Å². The smallest absolute Gasteiger partial charge is 0.442 e. The minimum Gasteiger partial charge on any atom is -0.442 e. The third-order valence-corrected chi connectivity index (χ3v) is 4.88. The van der Waals surface area contributed by atoms with E-state index in [4.69, 9.17) is 4.74 Å². The molecule has 0 saturated carbocycles. The van der Waals surface area contributed by atoms with E-state index in [9.17, 15) is 22.4 Å². The quantitative estimate of drug-likeness (QED) is 0.418. The van der Waals surface area contributed by atoms with Crippen LogP contribution in [0.2, 0.25) is 0 Å². The maximum absolute atomic E-state index is 14.9. The molecule has 1 aromatic carbocycles. The van der Waals surface area contributed by atoms with E-state index in [0.717, 1.165) is 0 Å². The van der Waals surface area contributed by atoms with E-state index in [1.807, 2.05) is 0 Å². The first-order valence-electron chi connectivity index (χ1n) is 9.49. The van der Waals surface area contributed by atoms with Gasteiger partial charge in [-0.2, -0.15) is 18.2 Å². The van der Waals surface area contributed by atoms with Crippen molar-refractivity contribution < 1.29 is 31.6 Å². The van der Waals surface area contributed by atoms with Crippen LogP contribution in [-0.2, 0) is 17.5 Å². The largest absolute Gasteiger partial charge is 0.471 e. The molecule has 0 aliphatic carbocycles. The van der Waals surface area contributed by atoms with Crippen molar-refractivity contribution >= 4 is 11.8 Å². The van der Waals surface area contributed by atoms with Gasteiger partial charge in [0.1, 0.15) is 11.9 Å². The van der Waals surface area contributed by atoms with E-state index in [-0.39, 0.29) is 23.6 Å². The number of carbonyl (C=O) groups excluding carboxylic acids is 1. The number of anilines is 1. The number of carbonyl (C=O) groups is 1. The second kappa shape index (κ2) is 7.72. The molecule has 1 amide bonds. The second-order valence-corrected chi connectivity index (χ2v) is 7.11. The predicted molar refractivity (Wildman–Crippen MR) is 102 cm³/mol. The minimum atomic E-state index is -4.76. The summed E-state index contributed by atoms with van der Waals surface area (Å²) in [6, 6.07) is 5.56. The highest BCUT2D eigenvalue weighted by Gasteiger charge is 2.38. The van der Waals surface area contributed by atoms with Crippen molar-refractivity contribution in [3.8, 4) is 17.1 Å². The van der Waals surface area contributed by atoms with Gasteiger partial charge in [0.2, 0.25) is 5.82 Å². The Labute approximate surface area is 182 Å². The Bertz CT molecular complexity index is 1300. The van der Waals surface area contributed by atoms with Crippen LogP contribution in [0.4, 0.5) is 28.0 Å². The van der Waals surface area contributed by atoms with Crippen molar-refractivity contribution in [2.45, 2.75) is 18.8 Å². The second-order valence-electron chi connectivity index (χ2n) is 7.11. The fourth-order valence-electron chi connectivity index (χ4n) is 3.37. The summed E-state index contributed by atoms with van der Waals surface area (Å²) in [6.07, 6.45) is 0.0775. The molecule has 33 heavy (non-hydrogen) atoms. The van der Waals surface area contributed by atoms with Crippen molar-refractivity contribution in [1.29, 1.82) is 0 Å². The van der Waals surface area contributed by atoms with Gasteiger partial charge in [0.05, 0.1) is 30.7 Å². The van der Waals surface area contributed by atoms with E-state index in [0.29, 0.717) is 12.2 Å². The van der Waals surface area contributed by atoms with Gasteiger partial charge in [-0.15, -0.1) is 5.10 Å². The summed E-state index contributed by atoms with van der Waals surface area (Å²) in [5.74, 6) is -2.41. The van der Waals surface area contributed by atoms with Gasteiger partial charge in [-0.05, 0) is 24.3 Å². The summed E-state index contributed by atoms with van der Waals surface area (Å²) in [6.45, 7) is 0.506. The maximum atomic E-state index is 14.9. The summed E-state index contributed by atoms with van der Waals surface area (Å²) >= 11 is 0. The average molecular weight is 463 g/mol. The Morgan fingerprint density at radius 1 is 1.18 bits per heavy atom. The van der Waals surface area contributed by atoms with Gasteiger partial charge in [0.15, 0.2) is 0 Å². The van der Waals surface area contributed by atoms with Crippen molar-refractivity contribution in [1.82, 2.24) is 29.7 Å². The highest BCUT2D eigenvalue weighted by atomic mass is 19.4. The Balaban J connectivity index is 1.33. The lowest BCUT2D eigenvalue weighted by Gasteiger charge is -2.14. The van der Waals surface area contributed by atoms with E-state index in [1.54, 1.807) is 6.20 Å². The zero-order valence-electron chi connectivity index (χ0n) is 16.5. The number of nitrogens with zero attached hydrogens (tertiary/aromatic N) is 7. The summed E-state index contributed by atoms with van der Waals surface area (Å²) < 4.78 is 65.2. The molecule has 1 fully saturated rings. The molecule has 0 radical (unpaired) electrons. The topological polar surface area (TPSA) is 104 Å². The van der Waals surface area contributed by atoms with E-state index in [2.05, 4.69) is 25.0 Å². The molecule has 1 atom stereocenters. The van der Waals surface area contributed by atoms with Crippen LogP contribution in [0, 0.1) is 5.82 Å². The third-order valence-electron chi connectivity index (χ3n) is 4.88. The fraction of sp³-hybridized carbons (Fsp3) is 0.211. The Kier molecular flexibility index (Phi) is 4.83. The van der Waals surface area contributed by atoms with Crippen molar-refractivity contribution in [3.63, 3.8) is 0 Å². The van der Waals surface area contributed by atoms with Gasteiger partial charge in [-0.25, -0.2) is 13.9 Å². The van der Waals surface area contributed by atoms with E-state index < -0.39 is 30.1 Å². The van der Waals surface area contributed by atoms with Gasteiger partial charge in [-0.3, -0.25) is 4.90 Å². The first-order chi connectivity index (χ1) is 15.8. The van der Waals surface area contributed by atoms with Gasteiger partial charge in [0.25, 0.3) is 0 Å². The molecule has 4 aromatic rings. The van der Waals surface area contributed by atoms with Crippen LogP contribution in [0.5, 0.6) is 0 Å². The highest BCUT2D eigenvalue weighted by molar-refractivity contribution is 5.89. The van der Waals surface area contributed by atoms with Crippen LogP contribution in [0.15, 0.2) is 53.6 Å². The molecule has 5 rings (SSSR count). The lowest BCUT2D eigenvalue weighted by molar-refractivity contribution is -0.159. The van der Waals surface area contributed by atoms with Gasteiger partial charge in [0, 0.05) is 24.2 Å². The van der Waals surface area contributed by atoms with Crippen LogP contribution in [-0.4, -0.2) is 48.4 Å². The summed E-state index contributed by atoms with van der Waals surface area (Å²) in [4.78, 5) is 16.9. The predicted octanol–water partition coefficient (Wildman–Crippen LogP) is 3.30. The summed E-state index contributed by atoms with van der Waals surface area (Å²) in [5.41, 5.74) is 0.607. The fourth-order valence-corrected chi connectivity index (χ4v) is 3.37. The standard InChI is InChI=1S/C19H13F4N7O3/c20-14-7-12(30-10-13(32-18(30)31)9-29-6-4-24-27-29)1-2-15(14)28-5-3-11(8-28)16-25-17(33-26-16)19(21,22)23/h1-8,13H,9-10H2. The average Bonchev–Trinajstić information content (AvgIpc) is 3.55. The van der Waals surface area contributed by atoms with Crippen molar-refractivity contribution in [2.75, 3.05) is 11.4 Å². The highest BCUT2D eigenvalue weighted by Crippen LogP contribution is 2.30. The number of alkyl halides is 3. The van der Waals surface area contributed by atoms with Crippen LogP contribution in [0.1, 0.15) is 5.89 Å². The van der Waals surface area contributed by atoms with Gasteiger partial charge < -0.3 is 13.8 Å². The van der Waals surface area contributed by atoms with Gasteiger partial charge >= 0.3 is 18.2 Å². The van der Waals surface area contributed by atoms with Crippen LogP contribution in [0.25, 0.3) is 17.1 Å². The first-order valence-corrected chi connectivity index (χ1v) is 9.49. The lowest BCUT2D eigenvalue weighted by atomic mass is 10.2. The maximum Gasteiger partial charge on any atom is 0.471 e. The van der Waals surface area contributed by atoms with E-state index in [1.165, 1.54) is 57.0 Å². The lowest BCUT2D eigenvalue weighted by Crippen LogP contribution is -2.26. The molecule has 0 spiro atoms. The number of amides is 1. The molecule has 1 aliphatic rings. The minimum absolute atomic E-state index is 0.108. The molecule has 0 bridgehead atoms. The zero-order chi connectivity index (χ0) is 23.2. The van der Waals surface area contributed by atoms with Crippen molar-refractivity contribution in [2.24, 2.45) is 0 Å². The van der Waals surface area contributed by atoms with Crippen molar-refractivity contribution in [3.05, 3.63) is 60.8 Å². The molecule has 10 nitrogen and oxygen atoms in total. The zero-order valence-corrected chi connectivity index (χ0v) is 16.5. The normalized spacial score (nSPS) is 16.4. The Hall–Kier alpha value is -4.23. The molecule has 170 valence electrons. The molecule has 1 aliphatic heterocycles. The number of halogens is 4. The van der Waals surface area contributed by atoms with Crippen LogP contribution in [0.3, 0.4) is 0 Å². The Morgan fingerprint density at radius 2 is 2.03 bits per heavy atom. The molecule has 4 heterocycles. The molecule has 3 aromatic heterocycles. The first kappa shape index (κ1) is 20.7. The monoisotopic (exact) mass is 463 g/mol. The number of aromatic nitrogens is 6. The number of benzene rings is 1. The van der Waals surface area contributed by atoms with Gasteiger partial charge in [-0.1, -0.05) is 10.4 Å². The third kappa shape index (κ3) is 4.02. The molecule has 14 heteroatoms. The van der Waals surface area contributed by atoms with Crippen LogP contribution < -0.4 is 4.90 Å². The number of hydrogen-bond donors (Lipinski definition) is 0. The molecule has 1 saturated heterocycles. The number of hydrogen-bond acceptors (Lipinski definition) is 7. The molecular formula is C19H13F4N7O3. The van der Waals surface area contributed by atoms with Crippen LogP contribution >= 0.6 is 0 Å². The number of rotatable bonds is 5. The number of ether oxygens (including phenoxy) is 1. The molecular weight excluding hydrogens is 450 g/mol. The number of cyclic esters (lactones) is 1. The summed E-state index contributed by atoms with van der Waals surface area (Å²) in [7, 11) is 0. The Morgan fingerprint density at radius 3 is 2.73 bits per heavy atom.